The van der Waals surface area contributed by atoms with E-state index in [4.69, 9.17) is 21.1 Å². The summed E-state index contributed by atoms with van der Waals surface area (Å²) in [5.41, 5.74) is 6.49. The summed E-state index contributed by atoms with van der Waals surface area (Å²) in [7, 11) is 1.68. The second kappa shape index (κ2) is 17.2. The van der Waals surface area contributed by atoms with Crippen molar-refractivity contribution in [3.05, 3.63) is 71.8 Å². The van der Waals surface area contributed by atoms with Crippen molar-refractivity contribution in [2.24, 2.45) is 5.73 Å². The van der Waals surface area contributed by atoms with Crippen molar-refractivity contribution in [2.45, 2.75) is 62.6 Å². The van der Waals surface area contributed by atoms with E-state index in [1.807, 2.05) is 36.4 Å². The second-order valence-corrected chi connectivity index (χ2v) is 9.09. The summed E-state index contributed by atoms with van der Waals surface area (Å²) in [4.78, 5) is 31.3. The summed E-state index contributed by atoms with van der Waals surface area (Å²) in [6, 6.07) is 19.0. The zero-order valence-corrected chi connectivity index (χ0v) is 22.0. The maximum Gasteiger partial charge on any atom is 0.323 e. The lowest BCUT2D eigenvalue weighted by molar-refractivity contribution is -0.141. The van der Waals surface area contributed by atoms with Crippen molar-refractivity contribution in [2.75, 3.05) is 20.2 Å². The third kappa shape index (κ3) is 11.4. The highest BCUT2D eigenvalue weighted by Crippen LogP contribution is 2.36. The Morgan fingerprint density at radius 3 is 1.71 bits per heavy atom. The van der Waals surface area contributed by atoms with Crippen molar-refractivity contribution in [1.82, 2.24) is 10.6 Å². The van der Waals surface area contributed by atoms with E-state index in [1.165, 1.54) is 11.1 Å². The van der Waals surface area contributed by atoms with Gasteiger partial charge in [-0.3, -0.25) is 14.4 Å². The van der Waals surface area contributed by atoms with Crippen LogP contribution in [-0.2, 0) is 14.4 Å². The lowest BCUT2D eigenvalue weighted by Gasteiger charge is -2.21. The molecule has 0 spiro atoms. The molecule has 0 bridgehead atoms. The van der Waals surface area contributed by atoms with Crippen molar-refractivity contribution in [3.8, 4) is 0 Å². The molecule has 0 amide bonds. The van der Waals surface area contributed by atoms with E-state index < -0.39 is 36.1 Å². The standard InChI is InChI=1S/C18H19NO2.C7H15NO2.C3H7NO3/c20-17(21)18(11-12-18)19-13-16(14-7-3-1-4-8-14)15-9-5-2-6-10-15;1-3-4-5-6(8-2)7(9)10;4-2(1-5)3(6)7/h1-10,16,19H,11-13H2,(H,20,21);6,8H,3-5H2,1-2H3,(H,9,10);2,5H,1,4H2,(H,6,7)/t;6-;2-/m.01/s1. The Balaban J connectivity index is 0.000000355. The Morgan fingerprint density at radius 1 is 0.921 bits per heavy atom. The summed E-state index contributed by atoms with van der Waals surface area (Å²) >= 11 is 0. The fourth-order valence-electron chi connectivity index (χ4n) is 3.57. The van der Waals surface area contributed by atoms with Gasteiger partial charge in [-0.1, -0.05) is 80.4 Å². The molecule has 38 heavy (non-hydrogen) atoms. The Morgan fingerprint density at radius 2 is 1.42 bits per heavy atom. The maximum atomic E-state index is 11.3. The summed E-state index contributed by atoms with van der Waals surface area (Å²) in [6.45, 7) is 2.18. The quantitative estimate of drug-likeness (QED) is 0.202. The van der Waals surface area contributed by atoms with Crippen LogP contribution in [-0.4, -0.2) is 76.2 Å². The van der Waals surface area contributed by atoms with Gasteiger partial charge in [0, 0.05) is 12.5 Å². The molecule has 2 aromatic carbocycles. The zero-order chi connectivity index (χ0) is 28.6. The van der Waals surface area contributed by atoms with Crippen molar-refractivity contribution < 1.29 is 34.8 Å². The van der Waals surface area contributed by atoms with Gasteiger partial charge in [0.1, 0.15) is 17.6 Å². The highest BCUT2D eigenvalue weighted by molar-refractivity contribution is 5.82. The number of benzene rings is 2. The van der Waals surface area contributed by atoms with Gasteiger partial charge in [-0.2, -0.15) is 0 Å². The molecule has 10 heteroatoms. The number of hydrogen-bond donors (Lipinski definition) is 7. The van der Waals surface area contributed by atoms with Gasteiger partial charge in [-0.25, -0.2) is 0 Å². The van der Waals surface area contributed by atoms with Gasteiger partial charge in [0.25, 0.3) is 0 Å². The molecule has 0 aromatic heterocycles. The van der Waals surface area contributed by atoms with Gasteiger partial charge in [0.05, 0.1) is 6.61 Å². The number of unbranched alkanes of at least 4 members (excludes halogenated alkanes) is 1. The molecule has 1 saturated carbocycles. The van der Waals surface area contributed by atoms with Crippen LogP contribution in [0.2, 0.25) is 0 Å². The average Bonchev–Trinajstić information content (AvgIpc) is 3.72. The molecule has 2 atom stereocenters. The van der Waals surface area contributed by atoms with Crippen LogP contribution in [0.25, 0.3) is 0 Å². The van der Waals surface area contributed by atoms with E-state index in [-0.39, 0.29) is 12.0 Å². The smallest absolute Gasteiger partial charge is 0.323 e. The van der Waals surface area contributed by atoms with Crippen LogP contribution in [0, 0.1) is 0 Å². The minimum absolute atomic E-state index is 0.171. The van der Waals surface area contributed by atoms with E-state index in [1.54, 1.807) is 7.05 Å². The van der Waals surface area contributed by atoms with Crippen molar-refractivity contribution >= 4 is 17.9 Å². The Bertz CT molecular complexity index is 929. The summed E-state index contributed by atoms with van der Waals surface area (Å²) < 4.78 is 0. The molecule has 0 heterocycles. The minimum atomic E-state index is -1.18. The van der Waals surface area contributed by atoms with Gasteiger partial charge in [-0.15, -0.1) is 0 Å². The Kier molecular flexibility index (Phi) is 14.8. The lowest BCUT2D eigenvalue weighted by atomic mass is 9.91. The first-order valence-electron chi connectivity index (χ1n) is 12.7. The van der Waals surface area contributed by atoms with E-state index in [9.17, 15) is 19.5 Å². The molecule has 3 rings (SSSR count). The van der Waals surface area contributed by atoms with Gasteiger partial charge in [0.2, 0.25) is 0 Å². The van der Waals surface area contributed by atoms with Crippen LogP contribution in [0.15, 0.2) is 60.7 Å². The van der Waals surface area contributed by atoms with Gasteiger partial charge < -0.3 is 36.8 Å². The van der Waals surface area contributed by atoms with Crippen LogP contribution < -0.4 is 16.4 Å². The molecule has 8 N–H and O–H groups in total. The van der Waals surface area contributed by atoms with Gasteiger partial charge in [0.15, 0.2) is 0 Å². The van der Waals surface area contributed by atoms with E-state index >= 15 is 0 Å². The Hall–Kier alpha value is -3.31. The topological polar surface area (TPSA) is 182 Å². The molecular formula is C28H41N3O7. The number of carboxylic acids is 3. The molecule has 1 fully saturated rings. The molecule has 1 aliphatic carbocycles. The number of carbonyl (C=O) groups is 3. The highest BCUT2D eigenvalue weighted by atomic mass is 16.4. The maximum absolute atomic E-state index is 11.3. The molecule has 0 unspecified atom stereocenters. The molecule has 0 radical (unpaired) electrons. The van der Waals surface area contributed by atoms with Crippen LogP contribution in [0.3, 0.4) is 0 Å². The lowest BCUT2D eigenvalue weighted by Crippen LogP contribution is -2.41. The number of aliphatic hydroxyl groups excluding tert-OH is 1. The molecular weight excluding hydrogens is 490 g/mol. The van der Waals surface area contributed by atoms with Crippen molar-refractivity contribution in [1.29, 1.82) is 0 Å². The first kappa shape index (κ1) is 32.7. The van der Waals surface area contributed by atoms with Crippen LogP contribution >= 0.6 is 0 Å². The second-order valence-electron chi connectivity index (χ2n) is 9.09. The minimum Gasteiger partial charge on any atom is -0.480 e. The molecule has 0 saturated heterocycles. The fraction of sp³-hybridized carbons (Fsp3) is 0.464. The summed E-state index contributed by atoms with van der Waals surface area (Å²) in [5, 5.41) is 39.7. The first-order chi connectivity index (χ1) is 18.1. The number of nitrogens with two attached hydrogens (primary N) is 1. The zero-order valence-electron chi connectivity index (χ0n) is 22.0. The normalized spacial score (nSPS) is 14.7. The number of nitrogens with one attached hydrogen (secondary N) is 2. The first-order valence-corrected chi connectivity index (χ1v) is 12.7. The molecule has 210 valence electrons. The highest BCUT2D eigenvalue weighted by Gasteiger charge is 2.50. The average molecular weight is 532 g/mol. The van der Waals surface area contributed by atoms with E-state index in [0.717, 1.165) is 32.1 Å². The molecule has 2 aromatic rings. The number of rotatable bonds is 13. The third-order valence-electron chi connectivity index (χ3n) is 6.21. The van der Waals surface area contributed by atoms with Crippen LogP contribution in [0.5, 0.6) is 0 Å². The number of likely N-dealkylation sites (N-methyl/N-ethyl adjacent to an activating group) is 1. The Labute approximate surface area is 223 Å². The van der Waals surface area contributed by atoms with Crippen LogP contribution in [0.4, 0.5) is 0 Å². The van der Waals surface area contributed by atoms with Gasteiger partial charge >= 0.3 is 17.9 Å². The van der Waals surface area contributed by atoms with Crippen molar-refractivity contribution in [3.63, 3.8) is 0 Å². The predicted molar refractivity (Wildman–Crippen MR) is 145 cm³/mol. The van der Waals surface area contributed by atoms with E-state index in [2.05, 4.69) is 41.8 Å². The number of carboxylic acid groups (broad SMARTS) is 3. The fourth-order valence-corrected chi connectivity index (χ4v) is 3.57. The summed E-state index contributed by atoms with van der Waals surface area (Å²) in [5.74, 6) is -2.50. The number of hydrogen-bond acceptors (Lipinski definition) is 7. The molecule has 1 aliphatic rings. The van der Waals surface area contributed by atoms with Gasteiger partial charge in [-0.05, 0) is 37.4 Å². The molecule has 10 nitrogen and oxygen atoms in total. The SMILES string of the molecule is CCCC[C@H](NC)C(=O)O.N[C@H](CO)C(=O)O.O=C(O)C1(NCC(c2ccccc2)c2ccccc2)CC1. The number of aliphatic carboxylic acids is 3. The number of aliphatic hydroxyl groups is 1. The van der Waals surface area contributed by atoms with Crippen LogP contribution in [0.1, 0.15) is 56.1 Å². The summed E-state index contributed by atoms with van der Waals surface area (Å²) in [6.07, 6.45) is 4.18. The third-order valence-corrected chi connectivity index (χ3v) is 6.21. The largest absolute Gasteiger partial charge is 0.480 e. The van der Waals surface area contributed by atoms with E-state index in [0.29, 0.717) is 6.54 Å². The molecule has 0 aliphatic heterocycles. The monoisotopic (exact) mass is 531 g/mol. The predicted octanol–water partition coefficient (Wildman–Crippen LogP) is 2.27.